The topological polar surface area (TPSA) is 35.5 Å². The maximum absolute atomic E-state index is 11.5. The normalized spacial score (nSPS) is 11.4. The number of hydrogen-bond acceptors (Lipinski definition) is 3. The summed E-state index contributed by atoms with van der Waals surface area (Å²) in [4.78, 5) is 11.5. The highest BCUT2D eigenvalue weighted by atomic mass is 31.2. The third-order valence-corrected chi connectivity index (χ3v) is 6.35. The van der Waals surface area contributed by atoms with E-state index in [1.54, 1.807) is 0 Å². The molecular weight excluding hydrogens is 307 g/mol. The van der Waals surface area contributed by atoms with E-state index in [1.807, 2.05) is 74.5 Å². The second-order valence-corrected chi connectivity index (χ2v) is 8.34. The van der Waals surface area contributed by atoms with Crippen LogP contribution in [0.4, 0.5) is 0 Å². The van der Waals surface area contributed by atoms with E-state index in [1.165, 1.54) is 0 Å². The first kappa shape index (κ1) is 17.5. The summed E-state index contributed by atoms with van der Waals surface area (Å²) >= 11 is 0. The fourth-order valence-electron chi connectivity index (χ4n) is 2.14. The van der Waals surface area contributed by atoms with Crippen LogP contribution in [0.25, 0.3) is 0 Å². The predicted molar refractivity (Wildman–Crippen MR) is 97.9 cm³/mol. The molecule has 0 saturated carbocycles. The molecule has 0 aliphatic rings. The summed E-state index contributed by atoms with van der Waals surface area (Å²) in [5.74, 6) is -0.335. The zero-order valence-corrected chi connectivity index (χ0v) is 14.5. The van der Waals surface area contributed by atoms with Gasteiger partial charge in [-0.15, -0.1) is 0 Å². The second kappa shape index (κ2) is 8.14. The van der Waals surface area contributed by atoms with Gasteiger partial charge in [0.15, 0.2) is 0 Å². The molecule has 2 rings (SSSR count). The van der Waals surface area contributed by atoms with E-state index in [0.717, 1.165) is 10.6 Å². The Balaban J connectivity index is 2.13. The minimum absolute atomic E-state index is 0.127. The first-order valence-electron chi connectivity index (χ1n) is 7.70. The Hall–Kier alpha value is -1.83. The molecule has 0 aliphatic heterocycles. The van der Waals surface area contributed by atoms with Gasteiger partial charge in [-0.25, -0.2) is 0 Å². The largest absolute Gasteiger partial charge is 0.463 e. The maximum Gasteiger partial charge on any atom is 0.308 e. The van der Waals surface area contributed by atoms with Gasteiger partial charge in [-0.1, -0.05) is 80.8 Å². The minimum Gasteiger partial charge on any atom is -0.463 e. The van der Waals surface area contributed by atoms with Crippen LogP contribution in [-0.2, 0) is 14.1 Å². The molecule has 0 aliphatic carbocycles. The van der Waals surface area contributed by atoms with Gasteiger partial charge in [0.2, 0.25) is 0 Å². The molecule has 0 unspecified atom stereocenters. The van der Waals surface area contributed by atoms with Crippen molar-refractivity contribution in [2.75, 3.05) is 13.2 Å². The number of rotatable bonds is 7. The molecule has 23 heavy (non-hydrogen) atoms. The van der Waals surface area contributed by atoms with Gasteiger partial charge in [0, 0.05) is 10.6 Å². The lowest BCUT2D eigenvalue weighted by molar-refractivity contribution is -0.147. The van der Waals surface area contributed by atoms with E-state index in [2.05, 4.69) is 6.30 Å². The third-order valence-electron chi connectivity index (χ3n) is 3.46. The first-order valence-corrected chi connectivity index (χ1v) is 9.59. The van der Waals surface area contributed by atoms with Crippen LogP contribution in [0.3, 0.4) is 0 Å². The summed E-state index contributed by atoms with van der Waals surface area (Å²) in [6, 6.07) is 20.0. The Morgan fingerprint density at radius 1 is 0.957 bits per heavy atom. The quantitative estimate of drug-likeness (QED) is 0.444. The van der Waals surface area contributed by atoms with E-state index in [0.29, 0.717) is 6.61 Å². The van der Waals surface area contributed by atoms with Crippen molar-refractivity contribution in [1.82, 2.24) is 0 Å². The van der Waals surface area contributed by atoms with Gasteiger partial charge in [0.1, 0.15) is 6.61 Å². The average molecular weight is 330 g/mol. The van der Waals surface area contributed by atoms with Gasteiger partial charge in [0.05, 0.1) is 19.6 Å². The summed E-state index contributed by atoms with van der Waals surface area (Å²) in [6.07, 6.45) is 4.41. The molecule has 2 aromatic rings. The van der Waals surface area contributed by atoms with Crippen LogP contribution in [-0.4, -0.2) is 25.5 Å². The molecule has 0 saturated heterocycles. The first-order chi connectivity index (χ1) is 11.0. The SMILES string of the molecule is C=P(OCCOC(=O)C(C)C)(c1ccccc1)c1ccccc1. The highest BCUT2D eigenvalue weighted by Gasteiger charge is 2.20. The van der Waals surface area contributed by atoms with E-state index >= 15 is 0 Å². The smallest absolute Gasteiger partial charge is 0.308 e. The Bertz CT molecular complexity index is 622. The molecule has 0 heterocycles. The maximum atomic E-state index is 11.5. The molecule has 0 atom stereocenters. The Morgan fingerprint density at radius 3 is 1.87 bits per heavy atom. The summed E-state index contributed by atoms with van der Waals surface area (Å²) in [5, 5.41) is 2.14. The Morgan fingerprint density at radius 2 is 1.43 bits per heavy atom. The fourth-order valence-corrected chi connectivity index (χ4v) is 4.43. The lowest BCUT2D eigenvalue weighted by Gasteiger charge is -2.25. The van der Waals surface area contributed by atoms with Gasteiger partial charge < -0.3 is 9.26 Å². The van der Waals surface area contributed by atoms with Crippen molar-refractivity contribution >= 4 is 30.0 Å². The summed E-state index contributed by atoms with van der Waals surface area (Å²) in [5.41, 5.74) is 0. The molecule has 0 radical (unpaired) electrons. The molecule has 0 N–H and O–H groups in total. The fraction of sp³-hybridized carbons (Fsp3) is 0.263. The highest BCUT2D eigenvalue weighted by molar-refractivity contribution is 7.83. The average Bonchev–Trinajstić information content (AvgIpc) is 2.59. The Labute approximate surface area is 138 Å². The number of esters is 1. The van der Waals surface area contributed by atoms with Crippen LogP contribution in [0.5, 0.6) is 0 Å². The van der Waals surface area contributed by atoms with E-state index < -0.39 is 7.11 Å². The van der Waals surface area contributed by atoms with Gasteiger partial charge in [-0.3, -0.25) is 4.79 Å². The van der Waals surface area contributed by atoms with Gasteiger partial charge in [-0.2, -0.15) is 0 Å². The van der Waals surface area contributed by atoms with Gasteiger partial charge >= 0.3 is 5.97 Å². The molecule has 4 heteroatoms. The number of ether oxygens (including phenoxy) is 1. The molecule has 3 nitrogen and oxygen atoms in total. The second-order valence-electron chi connectivity index (χ2n) is 5.57. The number of hydrogen-bond donors (Lipinski definition) is 0. The lowest BCUT2D eigenvalue weighted by atomic mass is 10.2. The standard InChI is InChI=1S/C19H23O3P/c1-16(2)19(20)21-14-15-22-23(3,17-10-6-4-7-11-17)18-12-8-5-9-13-18/h4-13,16H,3,14-15H2,1-2H3. The molecule has 0 aromatic heterocycles. The van der Waals surface area contributed by atoms with Crippen LogP contribution in [0.2, 0.25) is 0 Å². The molecule has 0 bridgehead atoms. The van der Waals surface area contributed by atoms with Crippen molar-refractivity contribution in [3.8, 4) is 0 Å². The van der Waals surface area contributed by atoms with Crippen LogP contribution < -0.4 is 10.6 Å². The van der Waals surface area contributed by atoms with E-state index in [-0.39, 0.29) is 18.5 Å². The molecule has 122 valence electrons. The molecule has 0 amide bonds. The predicted octanol–water partition coefficient (Wildman–Crippen LogP) is 3.22. The third kappa shape index (κ3) is 4.57. The van der Waals surface area contributed by atoms with E-state index in [4.69, 9.17) is 9.26 Å². The van der Waals surface area contributed by atoms with Crippen LogP contribution in [0, 0.1) is 5.92 Å². The van der Waals surface area contributed by atoms with Crippen LogP contribution >= 0.6 is 7.11 Å². The molecule has 2 aromatic carbocycles. The molecule has 0 spiro atoms. The van der Waals surface area contributed by atoms with Gasteiger partial charge in [0.25, 0.3) is 0 Å². The van der Waals surface area contributed by atoms with Crippen molar-refractivity contribution in [3.63, 3.8) is 0 Å². The highest BCUT2D eigenvalue weighted by Crippen LogP contribution is 2.43. The lowest BCUT2D eigenvalue weighted by Crippen LogP contribution is -2.21. The zero-order valence-electron chi connectivity index (χ0n) is 13.6. The Kier molecular flexibility index (Phi) is 6.20. The molecular formula is C19H23O3P. The monoisotopic (exact) mass is 330 g/mol. The summed E-state index contributed by atoms with van der Waals surface area (Å²) < 4.78 is 11.4. The van der Waals surface area contributed by atoms with Crippen molar-refractivity contribution in [3.05, 3.63) is 60.7 Å². The van der Waals surface area contributed by atoms with Crippen LogP contribution in [0.15, 0.2) is 60.7 Å². The number of benzene rings is 2. The van der Waals surface area contributed by atoms with Crippen molar-refractivity contribution in [1.29, 1.82) is 0 Å². The minimum atomic E-state index is -2.20. The summed E-state index contributed by atoms with van der Waals surface area (Å²) in [7, 11) is -2.20. The van der Waals surface area contributed by atoms with Crippen molar-refractivity contribution in [2.24, 2.45) is 5.92 Å². The molecule has 0 fully saturated rings. The van der Waals surface area contributed by atoms with Crippen molar-refractivity contribution < 1.29 is 14.1 Å². The van der Waals surface area contributed by atoms with Crippen molar-refractivity contribution in [2.45, 2.75) is 13.8 Å². The number of carbonyl (C=O) groups is 1. The zero-order chi connectivity index (χ0) is 16.7. The number of carbonyl (C=O) groups excluding carboxylic acids is 1. The van der Waals surface area contributed by atoms with E-state index in [9.17, 15) is 4.79 Å². The van der Waals surface area contributed by atoms with Gasteiger partial charge in [-0.05, 0) is 0 Å². The summed E-state index contributed by atoms with van der Waals surface area (Å²) in [6.45, 7) is 4.21. The van der Waals surface area contributed by atoms with Crippen LogP contribution in [0.1, 0.15) is 13.8 Å².